The maximum absolute atomic E-state index is 13.8. The van der Waals surface area contributed by atoms with Crippen molar-refractivity contribution < 1.29 is 23.8 Å². The van der Waals surface area contributed by atoms with Crippen LogP contribution in [-0.4, -0.2) is 11.1 Å². The Labute approximate surface area is 156 Å². The molecule has 0 radical (unpaired) electrons. The molecule has 27 heavy (non-hydrogen) atoms. The Morgan fingerprint density at radius 2 is 1.48 bits per heavy atom. The highest BCUT2D eigenvalue weighted by Crippen LogP contribution is 2.33. The van der Waals surface area contributed by atoms with Crippen LogP contribution in [0.2, 0.25) is 0 Å². The van der Waals surface area contributed by atoms with Crippen LogP contribution in [-0.2, 0) is 4.79 Å². The Morgan fingerprint density at radius 3 is 2.11 bits per heavy atom. The van der Waals surface area contributed by atoms with E-state index in [0.29, 0.717) is 22.8 Å². The zero-order valence-corrected chi connectivity index (χ0v) is 14.6. The molecule has 0 aromatic heterocycles. The number of hydrogen-bond donors (Lipinski definition) is 1. The quantitative estimate of drug-likeness (QED) is 0.554. The molecule has 0 aliphatic carbocycles. The van der Waals surface area contributed by atoms with Crippen LogP contribution in [0.4, 0.5) is 4.39 Å². The number of carbonyl (C=O) groups is 1. The van der Waals surface area contributed by atoms with E-state index in [-0.39, 0.29) is 11.3 Å². The van der Waals surface area contributed by atoms with Gasteiger partial charge in [0.15, 0.2) is 11.6 Å². The van der Waals surface area contributed by atoms with Crippen LogP contribution in [0.25, 0.3) is 5.57 Å². The van der Waals surface area contributed by atoms with Crippen LogP contribution in [0, 0.1) is 5.82 Å². The molecule has 0 amide bonds. The van der Waals surface area contributed by atoms with E-state index in [1.807, 2.05) is 0 Å². The van der Waals surface area contributed by atoms with Gasteiger partial charge in [0, 0.05) is 11.6 Å². The lowest BCUT2D eigenvalue weighted by Gasteiger charge is -2.13. The van der Waals surface area contributed by atoms with Gasteiger partial charge in [-0.25, -0.2) is 9.18 Å². The number of carboxylic acids is 1. The molecular weight excluding hydrogens is 347 g/mol. The van der Waals surface area contributed by atoms with Crippen molar-refractivity contribution in [2.24, 2.45) is 0 Å². The number of aliphatic carboxylic acids is 1. The monoisotopic (exact) mass is 364 g/mol. The van der Waals surface area contributed by atoms with Crippen LogP contribution in [0.5, 0.6) is 23.0 Å². The Bertz CT molecular complexity index is 995. The van der Waals surface area contributed by atoms with E-state index in [1.54, 1.807) is 67.6 Å². The molecule has 0 heterocycles. The number of ether oxygens (including phenoxy) is 2. The fourth-order valence-corrected chi connectivity index (χ4v) is 2.55. The van der Waals surface area contributed by atoms with Crippen LogP contribution >= 0.6 is 0 Å². The first-order valence-electron chi connectivity index (χ1n) is 8.28. The number of rotatable bonds is 6. The molecule has 0 bridgehead atoms. The largest absolute Gasteiger partial charge is 0.478 e. The summed E-state index contributed by atoms with van der Waals surface area (Å²) in [6, 6.07) is 19.7. The molecule has 4 nitrogen and oxygen atoms in total. The predicted octanol–water partition coefficient (Wildman–Crippen LogP) is 5.90. The standard InChI is InChI=1S/C22H17FO4/c1-2-17(22(24)25)18-10-3-5-12-20(18)26-15-8-7-9-16(14-15)27-21-13-6-4-11-19(21)23/h2-14H,1H3,(H,24,25)/b17-2+. The van der Waals surface area contributed by atoms with Crippen molar-refractivity contribution in [1.82, 2.24) is 0 Å². The van der Waals surface area contributed by atoms with Gasteiger partial charge in [0.05, 0.1) is 5.57 Å². The maximum atomic E-state index is 13.8. The highest BCUT2D eigenvalue weighted by atomic mass is 19.1. The molecule has 0 fully saturated rings. The molecular formula is C22H17FO4. The number of carboxylic acid groups (broad SMARTS) is 1. The summed E-state index contributed by atoms with van der Waals surface area (Å²) in [5.74, 6) is -0.150. The van der Waals surface area contributed by atoms with E-state index in [4.69, 9.17) is 9.47 Å². The Hall–Kier alpha value is -3.60. The second kappa shape index (κ2) is 8.19. The van der Waals surface area contributed by atoms with Crippen molar-refractivity contribution in [1.29, 1.82) is 0 Å². The van der Waals surface area contributed by atoms with Gasteiger partial charge in [0.2, 0.25) is 0 Å². The summed E-state index contributed by atoms with van der Waals surface area (Å²) in [6.07, 6.45) is 1.52. The highest BCUT2D eigenvalue weighted by molar-refractivity contribution is 6.16. The summed E-state index contributed by atoms with van der Waals surface area (Å²) >= 11 is 0. The molecule has 3 aromatic carbocycles. The molecule has 0 atom stereocenters. The zero-order chi connectivity index (χ0) is 19.2. The van der Waals surface area contributed by atoms with Gasteiger partial charge in [-0.2, -0.15) is 0 Å². The number of hydrogen-bond acceptors (Lipinski definition) is 3. The molecule has 3 aromatic rings. The normalized spacial score (nSPS) is 11.1. The minimum Gasteiger partial charge on any atom is -0.478 e. The van der Waals surface area contributed by atoms with Crippen molar-refractivity contribution in [2.45, 2.75) is 6.92 Å². The van der Waals surface area contributed by atoms with Gasteiger partial charge in [-0.3, -0.25) is 0 Å². The second-order valence-electron chi connectivity index (χ2n) is 5.61. The summed E-state index contributed by atoms with van der Waals surface area (Å²) in [5, 5.41) is 9.37. The summed E-state index contributed by atoms with van der Waals surface area (Å²) in [4.78, 5) is 11.4. The lowest BCUT2D eigenvalue weighted by molar-refractivity contribution is -0.130. The maximum Gasteiger partial charge on any atom is 0.336 e. The average Bonchev–Trinajstić information content (AvgIpc) is 2.66. The zero-order valence-electron chi connectivity index (χ0n) is 14.6. The van der Waals surface area contributed by atoms with Crippen LogP contribution in [0.1, 0.15) is 12.5 Å². The molecule has 0 saturated carbocycles. The van der Waals surface area contributed by atoms with E-state index in [0.717, 1.165) is 0 Å². The van der Waals surface area contributed by atoms with Gasteiger partial charge in [-0.1, -0.05) is 42.5 Å². The van der Waals surface area contributed by atoms with Gasteiger partial charge in [-0.15, -0.1) is 0 Å². The fraction of sp³-hybridized carbons (Fsp3) is 0.0455. The van der Waals surface area contributed by atoms with E-state index in [1.165, 1.54) is 18.2 Å². The summed E-state index contributed by atoms with van der Waals surface area (Å²) in [6.45, 7) is 1.66. The number of allylic oxidation sites excluding steroid dienone is 1. The Balaban J connectivity index is 1.88. The lowest BCUT2D eigenvalue weighted by atomic mass is 10.0. The Kier molecular flexibility index (Phi) is 5.52. The topological polar surface area (TPSA) is 55.8 Å². The average molecular weight is 364 g/mol. The van der Waals surface area contributed by atoms with Gasteiger partial charge < -0.3 is 14.6 Å². The smallest absolute Gasteiger partial charge is 0.336 e. The molecule has 136 valence electrons. The van der Waals surface area contributed by atoms with Crippen molar-refractivity contribution in [3.63, 3.8) is 0 Å². The summed E-state index contributed by atoms with van der Waals surface area (Å²) in [5.41, 5.74) is 0.609. The SMILES string of the molecule is C/C=C(/C(=O)O)c1ccccc1Oc1cccc(Oc2ccccc2F)c1. The summed E-state index contributed by atoms with van der Waals surface area (Å²) in [7, 11) is 0. The fourth-order valence-electron chi connectivity index (χ4n) is 2.55. The molecule has 3 rings (SSSR count). The molecule has 0 aliphatic heterocycles. The second-order valence-corrected chi connectivity index (χ2v) is 5.61. The first kappa shape index (κ1) is 18.2. The van der Waals surface area contributed by atoms with Crippen molar-refractivity contribution >= 4 is 11.5 Å². The highest BCUT2D eigenvalue weighted by Gasteiger charge is 2.15. The van der Waals surface area contributed by atoms with Gasteiger partial charge >= 0.3 is 5.97 Å². The number of benzene rings is 3. The lowest BCUT2D eigenvalue weighted by Crippen LogP contribution is -2.01. The first-order valence-corrected chi connectivity index (χ1v) is 8.28. The predicted molar refractivity (Wildman–Crippen MR) is 101 cm³/mol. The minimum atomic E-state index is -1.04. The number of halogens is 1. The van der Waals surface area contributed by atoms with Crippen molar-refractivity contribution in [3.8, 4) is 23.0 Å². The van der Waals surface area contributed by atoms with Crippen molar-refractivity contribution in [3.05, 3.63) is 90.3 Å². The van der Waals surface area contributed by atoms with E-state index in [9.17, 15) is 14.3 Å². The molecule has 0 unspecified atom stereocenters. The molecule has 5 heteroatoms. The van der Waals surface area contributed by atoms with E-state index < -0.39 is 11.8 Å². The molecule has 1 N–H and O–H groups in total. The van der Waals surface area contributed by atoms with Gasteiger partial charge in [0.25, 0.3) is 0 Å². The van der Waals surface area contributed by atoms with Crippen molar-refractivity contribution in [2.75, 3.05) is 0 Å². The van der Waals surface area contributed by atoms with Gasteiger partial charge in [-0.05, 0) is 37.3 Å². The third-order valence-electron chi connectivity index (χ3n) is 3.79. The Morgan fingerprint density at radius 1 is 0.889 bits per heavy atom. The first-order chi connectivity index (χ1) is 13.1. The summed E-state index contributed by atoms with van der Waals surface area (Å²) < 4.78 is 25.2. The molecule has 0 aliphatic rings. The van der Waals surface area contributed by atoms with Crippen LogP contribution < -0.4 is 9.47 Å². The van der Waals surface area contributed by atoms with E-state index in [2.05, 4.69) is 0 Å². The molecule has 0 saturated heterocycles. The number of para-hydroxylation sites is 2. The molecule has 0 spiro atoms. The van der Waals surface area contributed by atoms with E-state index >= 15 is 0 Å². The third-order valence-corrected chi connectivity index (χ3v) is 3.79. The third kappa shape index (κ3) is 4.33. The van der Waals surface area contributed by atoms with Gasteiger partial charge in [0.1, 0.15) is 17.2 Å². The van der Waals surface area contributed by atoms with Crippen LogP contribution in [0.15, 0.2) is 78.9 Å². The van der Waals surface area contributed by atoms with Crippen LogP contribution in [0.3, 0.4) is 0 Å². The minimum absolute atomic E-state index is 0.108.